The molecule has 0 saturated heterocycles. The first-order valence-electron chi connectivity index (χ1n) is 18.7. The van der Waals surface area contributed by atoms with E-state index < -0.39 is 58.6 Å². The maximum atomic E-state index is 14.8. The van der Waals surface area contributed by atoms with E-state index in [0.717, 1.165) is 6.42 Å². The Bertz CT molecular complexity index is 1910. The van der Waals surface area contributed by atoms with Gasteiger partial charge in [0.05, 0.1) is 29.3 Å². The second-order valence-corrected chi connectivity index (χ2v) is 12.1. The monoisotopic (exact) mass is 634 g/mol. The number of nitrogens with zero attached hydrogens (tertiary/aromatic N) is 3. The van der Waals surface area contributed by atoms with Crippen LogP contribution < -0.4 is 15.3 Å². The number of anilines is 1. The highest BCUT2D eigenvalue weighted by molar-refractivity contribution is 7.52. The van der Waals surface area contributed by atoms with E-state index >= 15 is 0 Å². The van der Waals surface area contributed by atoms with Gasteiger partial charge >= 0.3 is 13.7 Å². The number of benzene rings is 2. The number of unbranched alkanes of at least 4 members (excludes halogenated alkanes) is 1. The summed E-state index contributed by atoms with van der Waals surface area (Å²) >= 11 is 0. The lowest BCUT2D eigenvalue weighted by atomic mass is 9.94. The van der Waals surface area contributed by atoms with Crippen molar-refractivity contribution in [1.82, 2.24) is 19.6 Å². The summed E-state index contributed by atoms with van der Waals surface area (Å²) in [6, 6.07) is 12.3. The summed E-state index contributed by atoms with van der Waals surface area (Å²) in [4.78, 5) is 22.7. The minimum atomic E-state index is -4.95. The van der Waals surface area contributed by atoms with Crippen LogP contribution in [0.4, 0.5) is 5.82 Å². The number of para-hydroxylation sites is 2. The number of imidazole rings is 1. The molecule has 0 radical (unpaired) electrons. The van der Waals surface area contributed by atoms with Crippen LogP contribution in [0.5, 0.6) is 5.75 Å². The molecule has 44 heavy (non-hydrogen) atoms. The number of hydrogen-bond donors (Lipinski definition) is 2. The molecule has 2 aromatic carbocycles. The molecule has 2 heterocycles. The number of fused-ring (bicyclic) bond motifs is 3. The summed E-state index contributed by atoms with van der Waals surface area (Å²) in [5.74, 6) is -1.23. The number of aromatic nitrogens is 3. The Kier molecular flexibility index (Phi) is 7.57. The predicted octanol–water partition coefficient (Wildman–Crippen LogP) is 6.74. The lowest BCUT2D eigenvalue weighted by Crippen LogP contribution is -2.40. The van der Waals surface area contributed by atoms with Gasteiger partial charge in [0.1, 0.15) is 29.7 Å². The van der Waals surface area contributed by atoms with Crippen LogP contribution >= 0.6 is 7.75 Å². The SMILES string of the molecule is [2H]C([2H])([2H])C(OC(=O)[C@@H](N[P@@](=O)(OC[C@](C)(CCCC)n1c(COCC)nc2c(N)nc3ccccc3c21)Oc1ccccc1)C([2H])([2H])[2H])C([2H])([2H])[2H]. The van der Waals surface area contributed by atoms with Crippen molar-refractivity contribution in [1.29, 1.82) is 0 Å². The van der Waals surface area contributed by atoms with Crippen molar-refractivity contribution in [2.45, 2.75) is 84.9 Å². The van der Waals surface area contributed by atoms with Crippen molar-refractivity contribution in [3.8, 4) is 5.75 Å². The molecule has 238 valence electrons. The number of hydrogen-bond acceptors (Lipinski definition) is 9. The Labute approximate surface area is 271 Å². The van der Waals surface area contributed by atoms with Gasteiger partial charge in [0.2, 0.25) is 0 Å². The van der Waals surface area contributed by atoms with Gasteiger partial charge in [-0.25, -0.2) is 14.5 Å². The number of pyridine rings is 1. The number of nitrogens with two attached hydrogens (primary N) is 1. The fourth-order valence-electron chi connectivity index (χ4n) is 4.85. The van der Waals surface area contributed by atoms with Gasteiger partial charge in [0.15, 0.2) is 5.82 Å². The Morgan fingerprint density at radius 3 is 2.57 bits per heavy atom. The lowest BCUT2D eigenvalue weighted by Gasteiger charge is -2.35. The molecule has 4 rings (SSSR count). The molecule has 0 aliphatic rings. The number of carbonyl (C=O) groups is 1. The Balaban J connectivity index is 1.85. The molecule has 0 spiro atoms. The molecule has 2 aromatic heterocycles. The van der Waals surface area contributed by atoms with Crippen molar-refractivity contribution >= 4 is 41.5 Å². The average Bonchev–Trinajstić information content (AvgIpc) is 3.47. The first-order valence-corrected chi connectivity index (χ1v) is 15.8. The topological polar surface area (TPSA) is 140 Å². The Hall–Kier alpha value is -3.50. The lowest BCUT2D eigenvalue weighted by molar-refractivity contribution is -0.149. The number of esters is 1. The average molecular weight is 635 g/mol. The van der Waals surface area contributed by atoms with Gasteiger partial charge in [-0.1, -0.05) is 56.2 Å². The van der Waals surface area contributed by atoms with Crippen LogP contribution in [-0.4, -0.2) is 45.9 Å². The van der Waals surface area contributed by atoms with Gasteiger partial charge in [0, 0.05) is 24.3 Å². The van der Waals surface area contributed by atoms with Gasteiger partial charge in [-0.3, -0.25) is 9.32 Å². The fraction of sp³-hybridized carbons (Fsp3) is 0.469. The van der Waals surface area contributed by atoms with Gasteiger partial charge in [-0.15, -0.1) is 0 Å². The molecule has 0 aliphatic carbocycles. The van der Waals surface area contributed by atoms with E-state index in [-0.39, 0.29) is 18.2 Å². The molecule has 0 fully saturated rings. The van der Waals surface area contributed by atoms with Gasteiger partial charge in [0.25, 0.3) is 0 Å². The van der Waals surface area contributed by atoms with E-state index in [1.165, 1.54) is 12.1 Å². The number of rotatable bonds is 16. The minimum Gasteiger partial charge on any atom is -0.462 e. The third-order valence-corrected chi connectivity index (χ3v) is 8.40. The fourth-order valence-corrected chi connectivity index (χ4v) is 6.30. The smallest absolute Gasteiger partial charge is 0.459 e. The largest absolute Gasteiger partial charge is 0.462 e. The van der Waals surface area contributed by atoms with Crippen molar-refractivity contribution in [3.05, 3.63) is 60.4 Å². The zero-order valence-corrected chi connectivity index (χ0v) is 25.8. The molecule has 0 amide bonds. The number of nitrogens with one attached hydrogen (secondary N) is 1. The van der Waals surface area contributed by atoms with Crippen LogP contribution in [-0.2, 0) is 35.5 Å². The van der Waals surface area contributed by atoms with E-state index in [0.29, 0.717) is 47.2 Å². The van der Waals surface area contributed by atoms with Crippen molar-refractivity contribution in [2.24, 2.45) is 0 Å². The second-order valence-electron chi connectivity index (χ2n) is 10.4. The predicted molar refractivity (Wildman–Crippen MR) is 172 cm³/mol. The van der Waals surface area contributed by atoms with Crippen LogP contribution in [0.25, 0.3) is 21.9 Å². The summed E-state index contributed by atoms with van der Waals surface area (Å²) < 4.78 is 109. The molecule has 4 aromatic rings. The minimum absolute atomic E-state index is 0.0333. The molecule has 12 heteroatoms. The van der Waals surface area contributed by atoms with Crippen LogP contribution in [0.15, 0.2) is 54.6 Å². The molecule has 0 unspecified atom stereocenters. The first kappa shape index (κ1) is 22.9. The highest BCUT2D eigenvalue weighted by Gasteiger charge is 2.39. The Morgan fingerprint density at radius 2 is 1.86 bits per heavy atom. The third kappa shape index (κ3) is 7.77. The van der Waals surface area contributed by atoms with E-state index in [2.05, 4.69) is 10.1 Å². The maximum Gasteiger partial charge on any atom is 0.459 e. The summed E-state index contributed by atoms with van der Waals surface area (Å²) in [6.45, 7) is -4.44. The molecule has 11 nitrogen and oxygen atoms in total. The van der Waals surface area contributed by atoms with Crippen LogP contribution in [0.1, 0.15) is 78.8 Å². The zero-order valence-electron chi connectivity index (χ0n) is 33.9. The zero-order chi connectivity index (χ0) is 39.4. The first-order chi connectivity index (χ1) is 24.6. The summed E-state index contributed by atoms with van der Waals surface area (Å²) in [5, 5.41) is 2.86. The van der Waals surface area contributed by atoms with Crippen LogP contribution in [0, 0.1) is 0 Å². The standard InChI is InChI=1S/C32H44N5O6P/c1-7-9-19-32(6,21-41-44(39,43-24-15-11-10-12-16-24)36-23(5)31(38)42-22(3)4)37-27(20-40-8-2)35-28-29(37)25-17-13-14-18-26(25)34-30(28)33/h10-18,22-23H,7-9,19-21H2,1-6H3,(H2,33,34)(H,36,39)/t23-,32-,44+/m0/s1/i3D3,4D3,5D3. The molecule has 3 N–H and O–H groups in total. The molecular formula is C32H44N5O6P. The second kappa shape index (κ2) is 14.5. The van der Waals surface area contributed by atoms with Gasteiger partial charge in [-0.2, -0.15) is 5.09 Å². The molecule has 0 bridgehead atoms. The molecular weight excluding hydrogens is 581 g/mol. The van der Waals surface area contributed by atoms with Crippen LogP contribution in [0.2, 0.25) is 0 Å². The molecule has 3 atom stereocenters. The molecule has 0 saturated carbocycles. The number of ether oxygens (including phenoxy) is 2. The number of nitrogen functional groups attached to an aromatic ring is 1. The normalized spacial score (nSPS) is 19.1. The Morgan fingerprint density at radius 1 is 1.11 bits per heavy atom. The van der Waals surface area contributed by atoms with E-state index in [9.17, 15) is 9.36 Å². The van der Waals surface area contributed by atoms with Crippen molar-refractivity contribution in [3.63, 3.8) is 0 Å². The summed E-state index contributed by atoms with van der Waals surface area (Å²) in [7, 11) is -4.95. The van der Waals surface area contributed by atoms with Gasteiger partial charge < -0.3 is 24.3 Å². The van der Waals surface area contributed by atoms with E-state index in [1.54, 1.807) is 24.3 Å². The maximum absolute atomic E-state index is 14.8. The highest BCUT2D eigenvalue weighted by Crippen LogP contribution is 2.47. The van der Waals surface area contributed by atoms with Gasteiger partial charge in [-0.05, 0) is 59.0 Å². The van der Waals surface area contributed by atoms with E-state index in [1.807, 2.05) is 43.5 Å². The van der Waals surface area contributed by atoms with Crippen LogP contribution in [0.3, 0.4) is 0 Å². The van der Waals surface area contributed by atoms with E-state index in [4.69, 9.17) is 41.6 Å². The molecule has 0 aliphatic heterocycles. The third-order valence-electron chi connectivity index (χ3n) is 6.90. The quantitative estimate of drug-likeness (QED) is 0.101. The van der Waals surface area contributed by atoms with Crippen molar-refractivity contribution < 1.29 is 40.2 Å². The summed E-state index contributed by atoms with van der Waals surface area (Å²) in [5.41, 5.74) is 6.88. The highest BCUT2D eigenvalue weighted by atomic mass is 31.2. The number of carbonyl (C=O) groups excluding carboxylic acids is 1. The summed E-state index contributed by atoms with van der Waals surface area (Å²) in [6.07, 6.45) is -0.902. The van der Waals surface area contributed by atoms with Crippen molar-refractivity contribution in [2.75, 3.05) is 18.9 Å².